The molecule has 19 heavy (non-hydrogen) atoms. The van der Waals surface area contributed by atoms with Crippen LogP contribution in [-0.2, 0) is 0 Å². The number of hydrogen-bond acceptors (Lipinski definition) is 3. The molecule has 2 aromatic rings. The Balaban J connectivity index is 2.60. The Bertz CT molecular complexity index is 634. The number of nitrogens with two attached hydrogens (primary N) is 1. The number of halogens is 1. The van der Waals surface area contributed by atoms with E-state index < -0.39 is 0 Å². The van der Waals surface area contributed by atoms with Gasteiger partial charge in [0.25, 0.3) is 5.91 Å². The fourth-order valence-corrected chi connectivity index (χ4v) is 3.02. The Hall–Kier alpha value is -1.88. The minimum absolute atomic E-state index is 0.158. The molecule has 0 saturated carbocycles. The molecule has 0 aliphatic rings. The molecule has 100 valence electrons. The van der Waals surface area contributed by atoms with Gasteiger partial charge in [-0.05, 0) is 18.6 Å². The third kappa shape index (κ3) is 2.33. The van der Waals surface area contributed by atoms with Gasteiger partial charge in [-0.25, -0.2) is 4.39 Å². The van der Waals surface area contributed by atoms with Crippen LogP contribution in [0.2, 0.25) is 0 Å². The molecule has 1 amide bonds. The number of hydrogen-bond donors (Lipinski definition) is 1. The van der Waals surface area contributed by atoms with Gasteiger partial charge in [0.05, 0.1) is 10.6 Å². The van der Waals surface area contributed by atoms with E-state index in [2.05, 4.69) is 0 Å². The molecule has 0 saturated heterocycles. The number of nitrogens with zero attached hydrogens (tertiary/aromatic N) is 1. The highest BCUT2D eigenvalue weighted by Gasteiger charge is 2.22. The van der Waals surface area contributed by atoms with Crippen molar-refractivity contribution in [1.29, 1.82) is 0 Å². The first-order valence-electron chi connectivity index (χ1n) is 5.79. The minimum Gasteiger partial charge on any atom is -0.390 e. The SMILES string of the molecule is Cc1c(-c2ccccc2F)sc(N)c1C(=O)N(C)C. The zero-order chi connectivity index (χ0) is 14.2. The monoisotopic (exact) mass is 278 g/mol. The molecule has 3 nitrogen and oxygen atoms in total. The first-order chi connectivity index (χ1) is 8.93. The van der Waals surface area contributed by atoms with E-state index in [1.807, 2.05) is 0 Å². The molecule has 0 radical (unpaired) electrons. The van der Waals surface area contributed by atoms with E-state index in [9.17, 15) is 9.18 Å². The Labute approximate surface area is 115 Å². The van der Waals surface area contributed by atoms with Gasteiger partial charge in [-0.1, -0.05) is 18.2 Å². The Morgan fingerprint density at radius 3 is 2.53 bits per heavy atom. The van der Waals surface area contributed by atoms with Crippen molar-refractivity contribution in [3.63, 3.8) is 0 Å². The van der Waals surface area contributed by atoms with Crippen LogP contribution in [0.5, 0.6) is 0 Å². The maximum atomic E-state index is 13.8. The van der Waals surface area contributed by atoms with E-state index in [1.54, 1.807) is 39.2 Å². The molecule has 0 aliphatic heterocycles. The molecule has 0 fully saturated rings. The van der Waals surface area contributed by atoms with Gasteiger partial charge >= 0.3 is 0 Å². The predicted octanol–water partition coefficient (Wildman–Crippen LogP) is 3.15. The van der Waals surface area contributed by atoms with Crippen molar-refractivity contribution in [3.8, 4) is 10.4 Å². The fourth-order valence-electron chi connectivity index (χ4n) is 1.93. The zero-order valence-electron chi connectivity index (χ0n) is 11.0. The van der Waals surface area contributed by atoms with Crippen molar-refractivity contribution in [2.24, 2.45) is 0 Å². The third-order valence-electron chi connectivity index (χ3n) is 2.91. The highest BCUT2D eigenvalue weighted by Crippen LogP contribution is 2.39. The Kier molecular flexibility index (Phi) is 3.57. The lowest BCUT2D eigenvalue weighted by Crippen LogP contribution is -2.22. The van der Waals surface area contributed by atoms with E-state index in [-0.39, 0.29) is 11.7 Å². The van der Waals surface area contributed by atoms with Gasteiger partial charge in [-0.3, -0.25) is 4.79 Å². The number of carbonyl (C=O) groups excluding carboxylic acids is 1. The van der Waals surface area contributed by atoms with E-state index in [1.165, 1.54) is 22.3 Å². The topological polar surface area (TPSA) is 46.3 Å². The van der Waals surface area contributed by atoms with Crippen molar-refractivity contribution < 1.29 is 9.18 Å². The average Bonchev–Trinajstić information content (AvgIpc) is 2.64. The van der Waals surface area contributed by atoms with Gasteiger partial charge in [-0.15, -0.1) is 11.3 Å². The Morgan fingerprint density at radius 1 is 1.32 bits per heavy atom. The van der Waals surface area contributed by atoms with Crippen LogP contribution < -0.4 is 5.73 Å². The number of anilines is 1. The average molecular weight is 278 g/mol. The quantitative estimate of drug-likeness (QED) is 0.917. The first-order valence-corrected chi connectivity index (χ1v) is 6.60. The summed E-state index contributed by atoms with van der Waals surface area (Å²) >= 11 is 1.24. The normalized spacial score (nSPS) is 10.5. The second-order valence-corrected chi connectivity index (χ2v) is 5.53. The summed E-state index contributed by atoms with van der Waals surface area (Å²) in [5.41, 5.74) is 7.59. The van der Waals surface area contributed by atoms with Crippen LogP contribution in [0.1, 0.15) is 15.9 Å². The molecule has 0 spiro atoms. The van der Waals surface area contributed by atoms with Crippen LogP contribution in [0.4, 0.5) is 9.39 Å². The fraction of sp³-hybridized carbons (Fsp3) is 0.214. The molecule has 2 rings (SSSR count). The lowest BCUT2D eigenvalue weighted by atomic mass is 10.1. The molecular weight excluding hydrogens is 263 g/mol. The number of nitrogen functional groups attached to an aromatic ring is 1. The molecular formula is C14H15FN2OS. The largest absolute Gasteiger partial charge is 0.390 e. The molecule has 1 aromatic carbocycles. The summed E-state index contributed by atoms with van der Waals surface area (Å²) in [6.45, 7) is 1.80. The van der Waals surface area contributed by atoms with Crippen LogP contribution in [-0.4, -0.2) is 24.9 Å². The smallest absolute Gasteiger partial charge is 0.256 e. The summed E-state index contributed by atoms with van der Waals surface area (Å²) in [6.07, 6.45) is 0. The van der Waals surface area contributed by atoms with Gasteiger partial charge in [0, 0.05) is 24.5 Å². The van der Waals surface area contributed by atoms with Crippen molar-refractivity contribution in [2.45, 2.75) is 6.92 Å². The van der Waals surface area contributed by atoms with E-state index >= 15 is 0 Å². The lowest BCUT2D eigenvalue weighted by molar-refractivity contribution is 0.0828. The van der Waals surface area contributed by atoms with Gasteiger partial charge in [0.2, 0.25) is 0 Å². The summed E-state index contributed by atoms with van der Waals surface area (Å²) in [4.78, 5) is 14.3. The third-order valence-corrected chi connectivity index (χ3v) is 4.07. The summed E-state index contributed by atoms with van der Waals surface area (Å²) in [5.74, 6) is -0.468. The van der Waals surface area contributed by atoms with E-state index in [0.717, 1.165) is 5.56 Å². The van der Waals surface area contributed by atoms with Crippen LogP contribution in [0, 0.1) is 12.7 Å². The number of carbonyl (C=O) groups is 1. The van der Waals surface area contributed by atoms with Crippen molar-refractivity contribution >= 4 is 22.2 Å². The predicted molar refractivity (Wildman–Crippen MR) is 76.9 cm³/mol. The lowest BCUT2D eigenvalue weighted by Gasteiger charge is -2.10. The highest BCUT2D eigenvalue weighted by atomic mass is 32.1. The summed E-state index contributed by atoms with van der Waals surface area (Å²) in [7, 11) is 3.34. The maximum absolute atomic E-state index is 13.8. The van der Waals surface area contributed by atoms with Crippen molar-refractivity contribution in [1.82, 2.24) is 4.90 Å². The number of amides is 1. The van der Waals surface area contributed by atoms with Crippen LogP contribution >= 0.6 is 11.3 Å². The molecule has 0 atom stereocenters. The molecule has 1 aromatic heterocycles. The highest BCUT2D eigenvalue weighted by molar-refractivity contribution is 7.19. The number of benzene rings is 1. The van der Waals surface area contributed by atoms with Gasteiger partial charge in [-0.2, -0.15) is 0 Å². The van der Waals surface area contributed by atoms with Crippen molar-refractivity contribution in [3.05, 3.63) is 41.2 Å². The van der Waals surface area contributed by atoms with Crippen LogP contribution in [0.3, 0.4) is 0 Å². The van der Waals surface area contributed by atoms with Crippen LogP contribution in [0.15, 0.2) is 24.3 Å². The van der Waals surface area contributed by atoms with Gasteiger partial charge < -0.3 is 10.6 Å². The van der Waals surface area contributed by atoms with Crippen LogP contribution in [0.25, 0.3) is 10.4 Å². The van der Waals surface area contributed by atoms with Gasteiger partial charge in [0.1, 0.15) is 5.82 Å². The van der Waals surface area contributed by atoms with E-state index in [4.69, 9.17) is 5.73 Å². The molecule has 5 heteroatoms. The second kappa shape index (κ2) is 5.01. The summed E-state index contributed by atoms with van der Waals surface area (Å²) < 4.78 is 13.8. The first kappa shape index (κ1) is 13.5. The van der Waals surface area contributed by atoms with Crippen molar-refractivity contribution in [2.75, 3.05) is 19.8 Å². The number of thiophene rings is 1. The maximum Gasteiger partial charge on any atom is 0.256 e. The molecule has 0 aliphatic carbocycles. The Morgan fingerprint density at radius 2 is 1.95 bits per heavy atom. The second-order valence-electron chi connectivity index (χ2n) is 4.47. The zero-order valence-corrected chi connectivity index (χ0v) is 11.8. The molecule has 0 bridgehead atoms. The van der Waals surface area contributed by atoms with E-state index in [0.29, 0.717) is 21.0 Å². The van der Waals surface area contributed by atoms with Gasteiger partial charge in [0.15, 0.2) is 0 Å². The molecule has 0 unspecified atom stereocenters. The molecule has 2 N–H and O–H groups in total. The minimum atomic E-state index is -0.310. The molecule has 1 heterocycles. The number of rotatable bonds is 2. The standard InChI is InChI=1S/C14H15FN2OS/c1-8-11(14(18)17(2)3)13(16)19-12(8)9-6-4-5-7-10(9)15/h4-7H,16H2,1-3H3. The summed E-state index contributed by atoms with van der Waals surface area (Å²) in [6, 6.07) is 6.49. The summed E-state index contributed by atoms with van der Waals surface area (Å²) in [5, 5.41) is 0.425.